The summed E-state index contributed by atoms with van der Waals surface area (Å²) in [5.74, 6) is -0.836. The van der Waals surface area contributed by atoms with Crippen LogP contribution in [0.25, 0.3) is 0 Å². The molecule has 1 atom stereocenters. The van der Waals surface area contributed by atoms with E-state index in [0.717, 1.165) is 57.8 Å². The van der Waals surface area contributed by atoms with Crippen LogP contribution in [0.4, 0.5) is 0 Å². The Bertz CT molecular complexity index is 1200. The summed E-state index contributed by atoms with van der Waals surface area (Å²) < 4.78 is 16.9. The molecule has 0 amide bonds. The molecule has 0 fully saturated rings. The van der Waals surface area contributed by atoms with Crippen molar-refractivity contribution in [3.05, 3.63) is 0 Å². The van der Waals surface area contributed by atoms with Crippen LogP contribution in [0.5, 0.6) is 0 Å². The van der Waals surface area contributed by atoms with Crippen LogP contribution in [0.2, 0.25) is 0 Å². The van der Waals surface area contributed by atoms with Crippen molar-refractivity contribution in [2.45, 2.75) is 444 Å². The van der Waals surface area contributed by atoms with Crippen LogP contribution >= 0.6 is 0 Å². The fourth-order valence-electron chi connectivity index (χ4n) is 11.8. The average Bonchev–Trinajstić information content (AvgIpc) is 3.46. The summed E-state index contributed by atoms with van der Waals surface area (Å²) in [7, 11) is 0. The second-order valence-electron chi connectivity index (χ2n) is 25.6. The molecule has 0 spiro atoms. The summed E-state index contributed by atoms with van der Waals surface area (Å²) in [6.45, 7) is 6.68. The van der Waals surface area contributed by atoms with Gasteiger partial charge in [-0.2, -0.15) is 0 Å². The summed E-state index contributed by atoms with van der Waals surface area (Å²) in [4.78, 5) is 38.1. The Morgan fingerprint density at radius 3 is 0.500 bits per heavy atom. The van der Waals surface area contributed by atoms with E-state index in [1.165, 1.54) is 340 Å². The third-order valence-corrected chi connectivity index (χ3v) is 17.4. The first-order valence-corrected chi connectivity index (χ1v) is 37.0. The predicted octanol–water partition coefficient (Wildman–Crippen LogP) is 25.4. The zero-order valence-electron chi connectivity index (χ0n) is 54.9. The fraction of sp³-hybridized carbons (Fsp3) is 0.959. The van der Waals surface area contributed by atoms with Gasteiger partial charge in [0.2, 0.25) is 0 Å². The highest BCUT2D eigenvalue weighted by atomic mass is 16.6. The normalized spacial score (nSPS) is 11.9. The van der Waals surface area contributed by atoms with Crippen LogP contribution in [0.1, 0.15) is 438 Å². The van der Waals surface area contributed by atoms with Crippen molar-refractivity contribution >= 4 is 17.9 Å². The second kappa shape index (κ2) is 69.9. The van der Waals surface area contributed by atoms with Crippen LogP contribution in [0, 0.1) is 0 Å². The van der Waals surface area contributed by atoms with E-state index in [0.29, 0.717) is 19.3 Å². The Kier molecular flexibility index (Phi) is 68.5. The first-order chi connectivity index (χ1) is 39.5. The molecule has 0 rings (SSSR count). The third-order valence-electron chi connectivity index (χ3n) is 17.4. The second-order valence-corrected chi connectivity index (χ2v) is 25.6. The van der Waals surface area contributed by atoms with Crippen LogP contribution in [0.3, 0.4) is 0 Å². The van der Waals surface area contributed by atoms with Gasteiger partial charge in [-0.05, 0) is 19.3 Å². The van der Waals surface area contributed by atoms with Gasteiger partial charge >= 0.3 is 17.9 Å². The molecule has 0 aliphatic rings. The highest BCUT2D eigenvalue weighted by Gasteiger charge is 2.20. The molecule has 6 heteroatoms. The van der Waals surface area contributed by atoms with Crippen molar-refractivity contribution in [1.29, 1.82) is 0 Å². The van der Waals surface area contributed by atoms with E-state index in [-0.39, 0.29) is 31.1 Å². The van der Waals surface area contributed by atoms with Gasteiger partial charge in [0.1, 0.15) is 13.2 Å². The molecule has 476 valence electrons. The molecule has 0 N–H and O–H groups in total. The molecule has 0 radical (unpaired) electrons. The molecule has 80 heavy (non-hydrogen) atoms. The van der Waals surface area contributed by atoms with E-state index in [2.05, 4.69) is 20.8 Å². The number of hydrogen-bond acceptors (Lipinski definition) is 6. The maximum absolute atomic E-state index is 12.9. The zero-order valence-corrected chi connectivity index (χ0v) is 54.9. The number of carbonyl (C=O) groups excluding carboxylic acids is 3. The van der Waals surface area contributed by atoms with Gasteiger partial charge < -0.3 is 14.2 Å². The minimum atomic E-state index is -0.762. The zero-order chi connectivity index (χ0) is 57.8. The minimum Gasteiger partial charge on any atom is -0.462 e. The van der Waals surface area contributed by atoms with Gasteiger partial charge in [-0.3, -0.25) is 14.4 Å². The quantitative estimate of drug-likeness (QED) is 0.0343. The SMILES string of the molecule is CCCCCCCCCCCCCCCCCCCCCCCCCCCCCCCCCCC(=O)OCC(COC(=O)CCCCCCCC)OC(=O)CCCCCCCCCCCCCCCCCCCCCCCCCC. The molecule has 0 bridgehead atoms. The Hall–Kier alpha value is -1.59. The van der Waals surface area contributed by atoms with Crippen molar-refractivity contribution in [2.75, 3.05) is 13.2 Å². The van der Waals surface area contributed by atoms with Gasteiger partial charge in [0, 0.05) is 19.3 Å². The molecular formula is C74H144O6. The highest BCUT2D eigenvalue weighted by Crippen LogP contribution is 2.20. The lowest BCUT2D eigenvalue weighted by Crippen LogP contribution is -2.30. The van der Waals surface area contributed by atoms with Crippen LogP contribution in [-0.2, 0) is 28.6 Å². The van der Waals surface area contributed by atoms with Crippen LogP contribution < -0.4 is 0 Å². The standard InChI is InChI=1S/C74H144O6/c1-4-7-10-13-16-18-20-22-24-26-28-30-32-34-35-36-37-38-39-40-41-43-44-46-48-50-52-54-56-58-61-64-67-73(76)79-70-71(69-78-72(75)66-63-60-15-12-9-6-3)80-74(77)68-65-62-59-57-55-53-51-49-47-45-42-33-31-29-27-25-23-21-19-17-14-11-8-5-2/h71H,4-70H2,1-3H3. The lowest BCUT2D eigenvalue weighted by atomic mass is 10.0. The summed E-state index contributed by atoms with van der Waals surface area (Å²) in [5.41, 5.74) is 0. The molecule has 0 saturated heterocycles. The highest BCUT2D eigenvalue weighted by molar-refractivity contribution is 5.71. The van der Waals surface area contributed by atoms with Crippen LogP contribution in [-0.4, -0.2) is 37.2 Å². The molecule has 0 aromatic rings. The van der Waals surface area contributed by atoms with E-state index in [1.807, 2.05) is 0 Å². The van der Waals surface area contributed by atoms with E-state index in [4.69, 9.17) is 14.2 Å². The monoisotopic (exact) mass is 1130 g/mol. The van der Waals surface area contributed by atoms with Crippen LogP contribution in [0.15, 0.2) is 0 Å². The molecule has 6 nitrogen and oxygen atoms in total. The summed E-state index contributed by atoms with van der Waals surface area (Å²) in [6, 6.07) is 0. The van der Waals surface area contributed by atoms with E-state index < -0.39 is 6.10 Å². The number of rotatable bonds is 70. The average molecular weight is 1130 g/mol. The smallest absolute Gasteiger partial charge is 0.306 e. The van der Waals surface area contributed by atoms with Crippen molar-refractivity contribution in [2.24, 2.45) is 0 Å². The predicted molar refractivity (Wildman–Crippen MR) is 349 cm³/mol. The number of hydrogen-bond donors (Lipinski definition) is 0. The van der Waals surface area contributed by atoms with Gasteiger partial charge in [-0.25, -0.2) is 0 Å². The number of unbranched alkanes of at least 4 members (excludes halogenated alkanes) is 59. The van der Waals surface area contributed by atoms with E-state index >= 15 is 0 Å². The Labute approximate surface area is 501 Å². The van der Waals surface area contributed by atoms with Gasteiger partial charge in [0.25, 0.3) is 0 Å². The molecule has 0 heterocycles. The largest absolute Gasteiger partial charge is 0.462 e. The summed E-state index contributed by atoms with van der Waals surface area (Å²) >= 11 is 0. The molecular weight excluding hydrogens is 985 g/mol. The van der Waals surface area contributed by atoms with Crippen molar-refractivity contribution < 1.29 is 28.6 Å². The minimum absolute atomic E-state index is 0.0616. The topological polar surface area (TPSA) is 78.9 Å². The molecule has 0 aromatic carbocycles. The third kappa shape index (κ3) is 67.2. The summed E-state index contributed by atoms with van der Waals surface area (Å²) in [6.07, 6.45) is 83.5. The Balaban J connectivity index is 3.90. The van der Waals surface area contributed by atoms with Gasteiger partial charge in [-0.15, -0.1) is 0 Å². The molecule has 0 aliphatic carbocycles. The van der Waals surface area contributed by atoms with E-state index in [1.54, 1.807) is 0 Å². The first-order valence-electron chi connectivity index (χ1n) is 37.0. The molecule has 0 saturated carbocycles. The van der Waals surface area contributed by atoms with Crippen molar-refractivity contribution in [3.63, 3.8) is 0 Å². The first kappa shape index (κ1) is 78.4. The van der Waals surface area contributed by atoms with Crippen molar-refractivity contribution in [1.82, 2.24) is 0 Å². The Morgan fingerprint density at radius 1 is 0.200 bits per heavy atom. The lowest BCUT2D eigenvalue weighted by molar-refractivity contribution is -0.167. The fourth-order valence-corrected chi connectivity index (χ4v) is 11.8. The molecule has 0 aliphatic heterocycles. The lowest BCUT2D eigenvalue weighted by Gasteiger charge is -2.18. The van der Waals surface area contributed by atoms with Gasteiger partial charge in [0.05, 0.1) is 0 Å². The maximum atomic E-state index is 12.9. The number of carbonyl (C=O) groups is 3. The summed E-state index contributed by atoms with van der Waals surface area (Å²) in [5, 5.41) is 0. The number of esters is 3. The maximum Gasteiger partial charge on any atom is 0.306 e. The molecule has 1 unspecified atom stereocenters. The number of ether oxygens (including phenoxy) is 3. The van der Waals surface area contributed by atoms with E-state index in [9.17, 15) is 14.4 Å². The van der Waals surface area contributed by atoms with Gasteiger partial charge in [-0.1, -0.05) is 400 Å². The van der Waals surface area contributed by atoms with Crippen molar-refractivity contribution in [3.8, 4) is 0 Å². The molecule has 0 aromatic heterocycles. The Morgan fingerprint density at radius 2 is 0.338 bits per heavy atom. The van der Waals surface area contributed by atoms with Gasteiger partial charge in [0.15, 0.2) is 6.10 Å².